The molecule has 2 aliphatic rings. The van der Waals surface area contributed by atoms with Crippen LogP contribution < -0.4 is 9.64 Å². The van der Waals surface area contributed by atoms with Gasteiger partial charge in [0.15, 0.2) is 0 Å². The number of hydrogen-bond acceptors (Lipinski definition) is 5. The van der Waals surface area contributed by atoms with Crippen LogP contribution in [-0.2, 0) is 9.59 Å². The number of carbonyl (C=O) groups is 2. The lowest BCUT2D eigenvalue weighted by atomic mass is 9.97. The van der Waals surface area contributed by atoms with Gasteiger partial charge in [-0.15, -0.1) is 0 Å². The normalized spacial score (nSPS) is 22.9. The van der Waals surface area contributed by atoms with Crippen molar-refractivity contribution in [3.8, 4) is 11.5 Å². The number of hydrogen-bond donors (Lipinski definition) is 1. The molecule has 0 unspecified atom stereocenters. The third-order valence-corrected chi connectivity index (χ3v) is 5.73. The van der Waals surface area contributed by atoms with Gasteiger partial charge in [0.25, 0.3) is 5.91 Å². The summed E-state index contributed by atoms with van der Waals surface area (Å²) in [7, 11) is 0. The van der Waals surface area contributed by atoms with E-state index >= 15 is 0 Å². The number of rotatable bonds is 6. The van der Waals surface area contributed by atoms with Crippen LogP contribution >= 0.6 is 0 Å². The fraction of sp³-hybridized carbons (Fsp3) is 0.391. The molecule has 0 aromatic heterocycles. The van der Waals surface area contributed by atoms with Gasteiger partial charge in [0.1, 0.15) is 11.5 Å². The number of benzene rings is 2. The number of amides is 2. The average Bonchev–Trinajstić information content (AvgIpc) is 3.04. The van der Waals surface area contributed by atoms with Crippen LogP contribution in [0.2, 0.25) is 0 Å². The minimum Gasteiger partial charge on any atom is -0.457 e. The molecule has 0 radical (unpaired) electrons. The van der Waals surface area contributed by atoms with Crippen molar-refractivity contribution in [2.75, 3.05) is 18.1 Å². The molecule has 2 aromatic carbocycles. The molecule has 0 spiro atoms. The molecule has 4 rings (SSSR count). The molecule has 2 heterocycles. The zero-order valence-electron chi connectivity index (χ0n) is 16.4. The largest absolute Gasteiger partial charge is 0.457 e. The fourth-order valence-electron chi connectivity index (χ4n) is 4.33. The van der Waals surface area contributed by atoms with Crippen LogP contribution in [0.1, 0.15) is 32.1 Å². The average molecular weight is 394 g/mol. The molecule has 0 saturated carbocycles. The van der Waals surface area contributed by atoms with Gasteiger partial charge in [-0.3, -0.25) is 14.5 Å². The summed E-state index contributed by atoms with van der Waals surface area (Å²) < 4.78 is 5.79. The first-order valence-electron chi connectivity index (χ1n) is 10.2. The van der Waals surface area contributed by atoms with Crippen molar-refractivity contribution in [2.45, 2.75) is 44.2 Å². The zero-order chi connectivity index (χ0) is 20.2. The monoisotopic (exact) mass is 394 g/mol. The molecule has 2 aromatic rings. The van der Waals surface area contributed by atoms with E-state index in [1.807, 2.05) is 30.3 Å². The summed E-state index contributed by atoms with van der Waals surface area (Å²) in [5.74, 6) is 1.03. The van der Waals surface area contributed by atoms with E-state index in [0.717, 1.165) is 31.6 Å². The highest BCUT2D eigenvalue weighted by molar-refractivity contribution is 6.22. The highest BCUT2D eigenvalue weighted by Gasteiger charge is 2.44. The molecule has 29 heavy (non-hydrogen) atoms. The summed E-state index contributed by atoms with van der Waals surface area (Å²) in [5.41, 5.74) is 0.568. The summed E-state index contributed by atoms with van der Waals surface area (Å²) in [6.07, 6.45) is 3.92. The third-order valence-electron chi connectivity index (χ3n) is 5.73. The van der Waals surface area contributed by atoms with Gasteiger partial charge in [-0.2, -0.15) is 0 Å². The molecule has 0 bridgehead atoms. The van der Waals surface area contributed by atoms with Crippen molar-refractivity contribution in [1.82, 2.24) is 4.90 Å². The van der Waals surface area contributed by atoms with Gasteiger partial charge >= 0.3 is 0 Å². The smallest absolute Gasteiger partial charge is 0.251 e. The van der Waals surface area contributed by atoms with Crippen molar-refractivity contribution >= 4 is 17.5 Å². The van der Waals surface area contributed by atoms with Crippen LogP contribution in [0.5, 0.6) is 11.5 Å². The minimum absolute atomic E-state index is 0.0998. The number of ether oxygens (including phenoxy) is 1. The van der Waals surface area contributed by atoms with Crippen LogP contribution in [0.3, 0.4) is 0 Å². The van der Waals surface area contributed by atoms with Gasteiger partial charge in [-0.25, -0.2) is 4.90 Å². The van der Waals surface area contributed by atoms with Crippen LogP contribution in [0.4, 0.5) is 5.69 Å². The number of piperidine rings is 1. The Balaban J connectivity index is 1.48. The van der Waals surface area contributed by atoms with Gasteiger partial charge in [0.2, 0.25) is 5.91 Å². The van der Waals surface area contributed by atoms with E-state index < -0.39 is 6.04 Å². The van der Waals surface area contributed by atoms with Crippen molar-refractivity contribution in [3.63, 3.8) is 0 Å². The lowest BCUT2D eigenvalue weighted by Gasteiger charge is -2.38. The number of para-hydroxylation sites is 1. The van der Waals surface area contributed by atoms with E-state index in [1.54, 1.807) is 24.3 Å². The summed E-state index contributed by atoms with van der Waals surface area (Å²) in [4.78, 5) is 29.2. The van der Waals surface area contributed by atoms with Crippen molar-refractivity contribution in [2.24, 2.45) is 0 Å². The number of nitrogens with zero attached hydrogens (tertiary/aromatic N) is 2. The fourth-order valence-corrected chi connectivity index (χ4v) is 4.33. The predicted molar refractivity (Wildman–Crippen MR) is 110 cm³/mol. The highest BCUT2D eigenvalue weighted by Crippen LogP contribution is 2.32. The van der Waals surface area contributed by atoms with Crippen molar-refractivity contribution < 1.29 is 19.4 Å². The van der Waals surface area contributed by atoms with E-state index in [4.69, 9.17) is 4.74 Å². The number of aliphatic hydroxyl groups excluding tert-OH is 1. The highest BCUT2D eigenvalue weighted by atomic mass is 16.5. The predicted octanol–water partition coefficient (Wildman–Crippen LogP) is 3.35. The molecule has 2 atom stereocenters. The zero-order valence-corrected chi connectivity index (χ0v) is 16.4. The Kier molecular flexibility index (Phi) is 5.92. The van der Waals surface area contributed by atoms with Crippen molar-refractivity contribution in [3.05, 3.63) is 54.6 Å². The molecular weight excluding hydrogens is 368 g/mol. The number of carbonyl (C=O) groups excluding carboxylic acids is 2. The van der Waals surface area contributed by atoms with Crippen molar-refractivity contribution in [1.29, 1.82) is 0 Å². The maximum absolute atomic E-state index is 13.1. The second kappa shape index (κ2) is 8.76. The first kappa shape index (κ1) is 19.6. The number of likely N-dealkylation sites (tertiary alicyclic amines) is 1. The minimum atomic E-state index is -0.431. The second-order valence-electron chi connectivity index (χ2n) is 7.60. The number of aliphatic hydroxyl groups is 1. The Hall–Kier alpha value is -2.70. The third kappa shape index (κ3) is 4.18. The topological polar surface area (TPSA) is 70.1 Å². The lowest BCUT2D eigenvalue weighted by molar-refractivity contribution is -0.123. The molecule has 152 valence electrons. The quantitative estimate of drug-likeness (QED) is 0.761. The van der Waals surface area contributed by atoms with Crippen LogP contribution in [-0.4, -0.2) is 47.1 Å². The van der Waals surface area contributed by atoms with Crippen LogP contribution in [0, 0.1) is 0 Å². The molecule has 0 aliphatic carbocycles. The molecule has 2 saturated heterocycles. The number of imide groups is 1. The van der Waals surface area contributed by atoms with E-state index in [9.17, 15) is 14.7 Å². The number of anilines is 1. The first-order chi connectivity index (χ1) is 14.2. The molecule has 2 aliphatic heterocycles. The lowest BCUT2D eigenvalue weighted by Crippen LogP contribution is -2.50. The molecule has 2 amide bonds. The van der Waals surface area contributed by atoms with Gasteiger partial charge in [0.05, 0.1) is 18.2 Å². The standard InChI is InChI=1S/C23H26N2O4/c26-15-13-17-6-4-5-14-24(17)21-16-22(27)25(23(21)28)18-9-11-20(12-10-18)29-19-7-2-1-3-8-19/h1-3,7-12,17,21,26H,4-6,13-16H2/t17-,21-/m1/s1. The first-order valence-corrected chi connectivity index (χ1v) is 10.2. The second-order valence-corrected chi connectivity index (χ2v) is 7.60. The maximum Gasteiger partial charge on any atom is 0.251 e. The van der Waals surface area contributed by atoms with Gasteiger partial charge in [0, 0.05) is 12.6 Å². The SMILES string of the molecule is O=C1C[C@@H](N2CCCC[C@@H]2CCO)C(=O)N1c1ccc(Oc2ccccc2)cc1. The Morgan fingerprint density at radius 3 is 2.41 bits per heavy atom. The van der Waals surface area contributed by atoms with Gasteiger partial charge < -0.3 is 9.84 Å². The van der Waals surface area contributed by atoms with E-state index in [-0.39, 0.29) is 30.9 Å². The molecule has 1 N–H and O–H groups in total. The maximum atomic E-state index is 13.1. The summed E-state index contributed by atoms with van der Waals surface area (Å²) in [6.45, 7) is 0.897. The molecular formula is C23H26N2O4. The Morgan fingerprint density at radius 1 is 0.966 bits per heavy atom. The van der Waals surface area contributed by atoms with E-state index in [2.05, 4.69) is 4.90 Å². The Labute approximate surface area is 170 Å². The summed E-state index contributed by atoms with van der Waals surface area (Å²) in [6, 6.07) is 16.2. The summed E-state index contributed by atoms with van der Waals surface area (Å²) in [5, 5.41) is 9.36. The molecule has 2 fully saturated rings. The summed E-state index contributed by atoms with van der Waals surface area (Å²) >= 11 is 0. The van der Waals surface area contributed by atoms with E-state index in [1.165, 1.54) is 4.90 Å². The molecule has 6 heteroatoms. The Bertz CT molecular complexity index is 851. The van der Waals surface area contributed by atoms with Crippen LogP contribution in [0.25, 0.3) is 0 Å². The van der Waals surface area contributed by atoms with E-state index in [0.29, 0.717) is 17.9 Å². The molecule has 6 nitrogen and oxygen atoms in total. The van der Waals surface area contributed by atoms with Crippen LogP contribution in [0.15, 0.2) is 54.6 Å². The Morgan fingerprint density at radius 2 is 1.69 bits per heavy atom. The van der Waals surface area contributed by atoms with Gasteiger partial charge in [-0.05, 0) is 62.2 Å². The van der Waals surface area contributed by atoms with Gasteiger partial charge in [-0.1, -0.05) is 24.6 Å².